The van der Waals surface area contributed by atoms with Crippen LogP contribution < -0.4 is 0 Å². The standard InChI is InChI=1S/C10H11Cl2N3O2S2/c1-15(6-8-2-3-9(12)18-8)19(16,17)10-7(4-11)5-13-14-10/h2-3,5H,4,6H2,1H3,(H,13,14). The smallest absolute Gasteiger partial charge is 0.260 e. The maximum Gasteiger partial charge on any atom is 0.260 e. The monoisotopic (exact) mass is 339 g/mol. The zero-order valence-corrected chi connectivity index (χ0v) is 13.1. The van der Waals surface area contributed by atoms with E-state index in [0.29, 0.717) is 9.90 Å². The van der Waals surface area contributed by atoms with Crippen LogP contribution in [0.5, 0.6) is 0 Å². The van der Waals surface area contributed by atoms with Gasteiger partial charge >= 0.3 is 0 Å². The number of nitrogens with one attached hydrogen (secondary N) is 1. The van der Waals surface area contributed by atoms with Gasteiger partial charge in [-0.2, -0.15) is 9.40 Å². The lowest BCUT2D eigenvalue weighted by Gasteiger charge is -2.15. The Labute approximate surface area is 125 Å². The predicted molar refractivity (Wildman–Crippen MR) is 76.1 cm³/mol. The summed E-state index contributed by atoms with van der Waals surface area (Å²) >= 11 is 12.9. The summed E-state index contributed by atoms with van der Waals surface area (Å²) in [6.07, 6.45) is 1.41. The SMILES string of the molecule is CN(Cc1ccc(Cl)s1)S(=O)(=O)c1[nH]ncc1CCl. The Hall–Kier alpha value is -0.600. The van der Waals surface area contributed by atoms with E-state index in [4.69, 9.17) is 23.2 Å². The molecular weight excluding hydrogens is 329 g/mol. The lowest BCUT2D eigenvalue weighted by molar-refractivity contribution is 0.466. The van der Waals surface area contributed by atoms with Crippen molar-refractivity contribution in [2.45, 2.75) is 17.5 Å². The molecule has 2 rings (SSSR count). The Morgan fingerprint density at radius 1 is 1.47 bits per heavy atom. The van der Waals surface area contributed by atoms with Crippen molar-refractivity contribution in [1.82, 2.24) is 14.5 Å². The summed E-state index contributed by atoms with van der Waals surface area (Å²) in [5.74, 6) is 0.0870. The zero-order chi connectivity index (χ0) is 14.0. The highest BCUT2D eigenvalue weighted by Crippen LogP contribution is 2.25. The molecule has 0 aromatic carbocycles. The molecule has 5 nitrogen and oxygen atoms in total. The molecule has 2 aromatic rings. The van der Waals surface area contributed by atoms with Gasteiger partial charge in [-0.1, -0.05) is 11.6 Å². The van der Waals surface area contributed by atoms with E-state index in [1.54, 1.807) is 12.1 Å². The fraction of sp³-hybridized carbons (Fsp3) is 0.300. The molecule has 0 unspecified atom stereocenters. The van der Waals surface area contributed by atoms with Crippen LogP contribution in [0.15, 0.2) is 23.4 Å². The van der Waals surface area contributed by atoms with Gasteiger partial charge in [0.2, 0.25) is 0 Å². The first-order valence-corrected chi connectivity index (χ1v) is 8.41. The number of rotatable bonds is 5. The first kappa shape index (κ1) is 14.8. The second-order valence-corrected chi connectivity index (χ2v) is 7.87. The predicted octanol–water partition coefficient (Wildman–Crippen LogP) is 2.68. The minimum absolute atomic E-state index is 0.0349. The quantitative estimate of drug-likeness (QED) is 0.851. The molecule has 19 heavy (non-hydrogen) atoms. The normalized spacial score (nSPS) is 12.2. The minimum Gasteiger partial charge on any atom is -0.266 e. The van der Waals surface area contributed by atoms with Gasteiger partial charge in [0, 0.05) is 24.0 Å². The molecule has 0 atom stereocenters. The highest BCUT2D eigenvalue weighted by Gasteiger charge is 2.26. The fourth-order valence-electron chi connectivity index (χ4n) is 1.51. The van der Waals surface area contributed by atoms with Gasteiger partial charge in [0.1, 0.15) is 0 Å². The largest absolute Gasteiger partial charge is 0.266 e. The molecule has 104 valence electrons. The van der Waals surface area contributed by atoms with Crippen molar-refractivity contribution in [3.8, 4) is 0 Å². The van der Waals surface area contributed by atoms with Crippen LogP contribution >= 0.6 is 34.5 Å². The third-order valence-corrected chi connectivity index (χ3v) is 5.82. The number of thiophene rings is 1. The number of H-pyrrole nitrogens is 1. The van der Waals surface area contributed by atoms with Gasteiger partial charge in [-0.05, 0) is 12.1 Å². The Morgan fingerprint density at radius 3 is 2.79 bits per heavy atom. The lowest BCUT2D eigenvalue weighted by Crippen LogP contribution is -2.27. The van der Waals surface area contributed by atoms with Gasteiger partial charge in [0.05, 0.1) is 16.4 Å². The molecule has 0 aliphatic carbocycles. The van der Waals surface area contributed by atoms with Crippen LogP contribution in [0, 0.1) is 0 Å². The average Bonchev–Trinajstić information content (AvgIpc) is 2.97. The highest BCUT2D eigenvalue weighted by molar-refractivity contribution is 7.89. The number of nitrogens with zero attached hydrogens (tertiary/aromatic N) is 2. The minimum atomic E-state index is -3.63. The number of hydrogen-bond acceptors (Lipinski definition) is 4. The van der Waals surface area contributed by atoms with Crippen LogP contribution in [0.25, 0.3) is 0 Å². The van der Waals surface area contributed by atoms with E-state index in [9.17, 15) is 8.42 Å². The van der Waals surface area contributed by atoms with Crippen molar-refractivity contribution in [1.29, 1.82) is 0 Å². The number of aromatic nitrogens is 2. The molecule has 0 saturated heterocycles. The molecule has 1 N–H and O–H groups in total. The molecule has 0 fully saturated rings. The Morgan fingerprint density at radius 2 is 2.21 bits per heavy atom. The van der Waals surface area contributed by atoms with Crippen molar-refractivity contribution in [2.75, 3.05) is 7.05 Å². The number of alkyl halides is 1. The van der Waals surface area contributed by atoms with E-state index in [0.717, 1.165) is 4.88 Å². The van der Waals surface area contributed by atoms with E-state index in [2.05, 4.69) is 10.2 Å². The Bertz CT molecular complexity index is 666. The van der Waals surface area contributed by atoms with E-state index < -0.39 is 10.0 Å². The molecule has 0 aliphatic heterocycles. The van der Waals surface area contributed by atoms with E-state index in [1.165, 1.54) is 28.9 Å². The number of hydrogen-bond donors (Lipinski definition) is 1. The second-order valence-electron chi connectivity index (χ2n) is 3.82. The lowest BCUT2D eigenvalue weighted by atomic mass is 10.4. The van der Waals surface area contributed by atoms with Crippen molar-refractivity contribution in [2.24, 2.45) is 0 Å². The van der Waals surface area contributed by atoms with Gasteiger partial charge in [0.15, 0.2) is 5.03 Å². The highest BCUT2D eigenvalue weighted by atomic mass is 35.5. The molecule has 0 amide bonds. The average molecular weight is 340 g/mol. The summed E-state index contributed by atoms with van der Waals surface area (Å²) < 4.78 is 26.6. The number of halogens is 2. The van der Waals surface area contributed by atoms with Crippen LogP contribution in [0.3, 0.4) is 0 Å². The Balaban J connectivity index is 2.24. The maximum atomic E-state index is 12.4. The summed E-state index contributed by atoms with van der Waals surface area (Å²) in [6.45, 7) is 0.250. The number of aromatic amines is 1. The maximum absolute atomic E-state index is 12.4. The van der Waals surface area contributed by atoms with Gasteiger partial charge in [-0.3, -0.25) is 5.10 Å². The van der Waals surface area contributed by atoms with E-state index in [1.807, 2.05) is 0 Å². The first-order valence-electron chi connectivity index (χ1n) is 5.24. The van der Waals surface area contributed by atoms with Crippen molar-refractivity contribution in [3.63, 3.8) is 0 Å². The van der Waals surface area contributed by atoms with Crippen LogP contribution in [0.2, 0.25) is 4.34 Å². The molecule has 0 saturated carbocycles. The van der Waals surface area contributed by atoms with Gasteiger partial charge in [-0.25, -0.2) is 8.42 Å². The molecule has 9 heteroatoms. The van der Waals surface area contributed by atoms with Gasteiger partial charge in [0.25, 0.3) is 10.0 Å². The van der Waals surface area contributed by atoms with Gasteiger partial charge < -0.3 is 0 Å². The summed E-state index contributed by atoms with van der Waals surface area (Å²) in [6, 6.07) is 3.54. The summed E-state index contributed by atoms with van der Waals surface area (Å²) in [4.78, 5) is 0.864. The molecule has 2 aromatic heterocycles. The molecular formula is C10H11Cl2N3O2S2. The molecule has 0 radical (unpaired) electrons. The van der Waals surface area contributed by atoms with Crippen molar-refractivity contribution >= 4 is 44.6 Å². The second kappa shape index (κ2) is 5.80. The van der Waals surface area contributed by atoms with Crippen molar-refractivity contribution in [3.05, 3.63) is 33.1 Å². The summed E-state index contributed by atoms with van der Waals surface area (Å²) in [5, 5.41) is 6.24. The summed E-state index contributed by atoms with van der Waals surface area (Å²) in [7, 11) is -2.13. The third kappa shape index (κ3) is 3.11. The third-order valence-electron chi connectivity index (χ3n) is 2.50. The summed E-state index contributed by atoms with van der Waals surface area (Å²) in [5.41, 5.74) is 0.456. The van der Waals surface area contributed by atoms with Crippen LogP contribution in [0.1, 0.15) is 10.4 Å². The fourth-order valence-corrected chi connectivity index (χ4v) is 4.26. The van der Waals surface area contributed by atoms with Crippen LogP contribution in [0.4, 0.5) is 0 Å². The van der Waals surface area contributed by atoms with Crippen LogP contribution in [-0.4, -0.2) is 30.0 Å². The van der Waals surface area contributed by atoms with E-state index in [-0.39, 0.29) is 17.5 Å². The van der Waals surface area contributed by atoms with E-state index >= 15 is 0 Å². The van der Waals surface area contributed by atoms with Gasteiger partial charge in [-0.15, -0.1) is 22.9 Å². The molecule has 0 spiro atoms. The Kier molecular flexibility index (Phi) is 4.52. The first-order chi connectivity index (χ1) is 8.95. The topological polar surface area (TPSA) is 66.1 Å². The number of sulfonamides is 1. The zero-order valence-electron chi connectivity index (χ0n) is 9.93. The molecule has 2 heterocycles. The van der Waals surface area contributed by atoms with Crippen molar-refractivity contribution < 1.29 is 8.42 Å². The van der Waals surface area contributed by atoms with Crippen LogP contribution in [-0.2, 0) is 22.4 Å². The molecule has 0 bridgehead atoms. The molecule has 0 aliphatic rings.